The highest BCUT2D eigenvalue weighted by atomic mass is 16.5. The number of aliphatic hydroxyl groups excluding tert-OH is 1. The average molecular weight is 173 g/mol. The maximum Gasteiger partial charge on any atom is 0.0745 e. The van der Waals surface area contributed by atoms with Crippen molar-refractivity contribution in [2.45, 2.75) is 44.9 Å². The highest BCUT2D eigenvalue weighted by molar-refractivity contribution is 4.79. The Morgan fingerprint density at radius 1 is 1.58 bits per heavy atom. The molecule has 0 aromatic heterocycles. The number of nitrogens with one attached hydrogen (secondary N) is 1. The van der Waals surface area contributed by atoms with Gasteiger partial charge in [0.2, 0.25) is 0 Å². The van der Waals surface area contributed by atoms with Crippen molar-refractivity contribution in [3.05, 3.63) is 0 Å². The average Bonchev–Trinajstić information content (AvgIpc) is 2.51. The first-order chi connectivity index (χ1) is 5.70. The molecule has 2 N–H and O–H groups in total. The number of hydrogen-bond acceptors (Lipinski definition) is 3. The Labute approximate surface area is 74.1 Å². The fraction of sp³-hybridized carbons (Fsp3) is 1.00. The van der Waals surface area contributed by atoms with E-state index in [4.69, 9.17) is 9.84 Å². The molecule has 0 aliphatic carbocycles. The van der Waals surface area contributed by atoms with Crippen LogP contribution in [-0.2, 0) is 4.74 Å². The summed E-state index contributed by atoms with van der Waals surface area (Å²) in [6.45, 7) is 5.35. The van der Waals surface area contributed by atoms with Crippen molar-refractivity contribution in [2.75, 3.05) is 13.2 Å². The molecule has 1 fully saturated rings. The zero-order valence-corrected chi connectivity index (χ0v) is 7.92. The van der Waals surface area contributed by atoms with Crippen molar-refractivity contribution < 1.29 is 9.84 Å². The van der Waals surface area contributed by atoms with Gasteiger partial charge in [-0.05, 0) is 33.2 Å². The van der Waals surface area contributed by atoms with Crippen molar-refractivity contribution in [1.29, 1.82) is 0 Å². The number of aliphatic hydroxyl groups is 1. The first kappa shape index (κ1) is 9.96. The molecule has 1 aliphatic heterocycles. The minimum atomic E-state index is -0.353. The zero-order chi connectivity index (χ0) is 8.97. The molecule has 0 aromatic carbocycles. The van der Waals surface area contributed by atoms with Crippen LogP contribution in [0.5, 0.6) is 0 Å². The molecule has 0 saturated carbocycles. The van der Waals surface area contributed by atoms with E-state index >= 15 is 0 Å². The van der Waals surface area contributed by atoms with Gasteiger partial charge in [0.05, 0.1) is 18.8 Å². The SMILES string of the molecule is CC(O)COC(C)C1CCCN1. The van der Waals surface area contributed by atoms with Crippen molar-refractivity contribution in [2.24, 2.45) is 0 Å². The first-order valence-electron chi connectivity index (χ1n) is 4.73. The lowest BCUT2D eigenvalue weighted by Crippen LogP contribution is -2.35. The number of ether oxygens (including phenoxy) is 1. The predicted molar refractivity (Wildman–Crippen MR) is 48.1 cm³/mol. The summed E-state index contributed by atoms with van der Waals surface area (Å²) < 4.78 is 5.47. The van der Waals surface area contributed by atoms with Gasteiger partial charge in [0, 0.05) is 6.04 Å². The van der Waals surface area contributed by atoms with Crippen molar-refractivity contribution in [3.63, 3.8) is 0 Å². The summed E-state index contributed by atoms with van der Waals surface area (Å²) in [4.78, 5) is 0. The van der Waals surface area contributed by atoms with Gasteiger partial charge in [-0.25, -0.2) is 0 Å². The largest absolute Gasteiger partial charge is 0.391 e. The fourth-order valence-electron chi connectivity index (χ4n) is 1.52. The van der Waals surface area contributed by atoms with Crippen LogP contribution in [0.25, 0.3) is 0 Å². The molecule has 0 aromatic rings. The van der Waals surface area contributed by atoms with E-state index in [0.29, 0.717) is 12.6 Å². The van der Waals surface area contributed by atoms with Crippen LogP contribution in [0, 0.1) is 0 Å². The lowest BCUT2D eigenvalue weighted by Gasteiger charge is -2.20. The van der Waals surface area contributed by atoms with E-state index in [9.17, 15) is 0 Å². The second-order valence-corrected chi connectivity index (χ2v) is 3.59. The van der Waals surface area contributed by atoms with Crippen LogP contribution >= 0.6 is 0 Å². The Balaban J connectivity index is 2.13. The molecule has 1 saturated heterocycles. The van der Waals surface area contributed by atoms with E-state index < -0.39 is 0 Å². The molecule has 3 unspecified atom stereocenters. The standard InChI is InChI=1S/C9H19NO2/c1-7(11)6-12-8(2)9-4-3-5-10-9/h7-11H,3-6H2,1-2H3. The van der Waals surface area contributed by atoms with Crippen LogP contribution in [0.4, 0.5) is 0 Å². The van der Waals surface area contributed by atoms with E-state index in [1.165, 1.54) is 12.8 Å². The zero-order valence-electron chi connectivity index (χ0n) is 7.92. The van der Waals surface area contributed by atoms with Crippen LogP contribution in [-0.4, -0.2) is 36.5 Å². The summed E-state index contributed by atoms with van der Waals surface area (Å²) >= 11 is 0. The Morgan fingerprint density at radius 2 is 2.33 bits per heavy atom. The summed E-state index contributed by atoms with van der Waals surface area (Å²) in [5, 5.41) is 12.4. The first-order valence-corrected chi connectivity index (χ1v) is 4.73. The number of hydrogen-bond donors (Lipinski definition) is 2. The molecule has 3 heteroatoms. The third kappa shape index (κ3) is 3.09. The summed E-state index contributed by atoms with van der Waals surface area (Å²) in [6.07, 6.45) is 2.31. The van der Waals surface area contributed by atoms with Crippen molar-refractivity contribution in [1.82, 2.24) is 5.32 Å². The molecule has 12 heavy (non-hydrogen) atoms. The monoisotopic (exact) mass is 173 g/mol. The minimum Gasteiger partial charge on any atom is -0.391 e. The van der Waals surface area contributed by atoms with Crippen LogP contribution in [0.3, 0.4) is 0 Å². The maximum atomic E-state index is 9.00. The van der Waals surface area contributed by atoms with Gasteiger partial charge >= 0.3 is 0 Å². The quantitative estimate of drug-likeness (QED) is 0.651. The van der Waals surface area contributed by atoms with Crippen LogP contribution in [0.1, 0.15) is 26.7 Å². The summed E-state index contributed by atoms with van der Waals surface area (Å²) in [7, 11) is 0. The van der Waals surface area contributed by atoms with Gasteiger partial charge in [-0.15, -0.1) is 0 Å². The Bertz CT molecular complexity index is 122. The molecular formula is C9H19NO2. The molecule has 1 aliphatic rings. The second kappa shape index (κ2) is 4.80. The third-order valence-electron chi connectivity index (χ3n) is 2.27. The van der Waals surface area contributed by atoms with E-state index in [0.717, 1.165) is 6.54 Å². The summed E-state index contributed by atoms with van der Waals surface area (Å²) in [6, 6.07) is 0.490. The molecule has 1 rings (SSSR count). The third-order valence-corrected chi connectivity index (χ3v) is 2.27. The lowest BCUT2D eigenvalue weighted by atomic mass is 10.1. The molecule has 1 heterocycles. The Kier molecular flexibility index (Phi) is 3.98. The van der Waals surface area contributed by atoms with Gasteiger partial charge in [0.15, 0.2) is 0 Å². The summed E-state index contributed by atoms with van der Waals surface area (Å²) in [5.41, 5.74) is 0. The molecule has 0 bridgehead atoms. The van der Waals surface area contributed by atoms with Gasteiger partial charge in [0.1, 0.15) is 0 Å². The Morgan fingerprint density at radius 3 is 2.83 bits per heavy atom. The van der Waals surface area contributed by atoms with Crippen LogP contribution in [0.15, 0.2) is 0 Å². The molecule has 72 valence electrons. The molecule has 0 amide bonds. The van der Waals surface area contributed by atoms with Crippen molar-refractivity contribution >= 4 is 0 Å². The van der Waals surface area contributed by atoms with Gasteiger partial charge in [-0.1, -0.05) is 0 Å². The van der Waals surface area contributed by atoms with Crippen molar-refractivity contribution in [3.8, 4) is 0 Å². The lowest BCUT2D eigenvalue weighted by molar-refractivity contribution is -0.00788. The molecule has 0 radical (unpaired) electrons. The van der Waals surface area contributed by atoms with Gasteiger partial charge in [-0.2, -0.15) is 0 Å². The van der Waals surface area contributed by atoms with E-state index in [2.05, 4.69) is 12.2 Å². The molecule has 3 atom stereocenters. The molecule has 0 spiro atoms. The number of rotatable bonds is 4. The molecule has 3 nitrogen and oxygen atoms in total. The van der Waals surface area contributed by atoms with Gasteiger partial charge in [0.25, 0.3) is 0 Å². The predicted octanol–water partition coefficient (Wildman–Crippen LogP) is 0.524. The van der Waals surface area contributed by atoms with Crippen LogP contribution < -0.4 is 5.32 Å². The Hall–Kier alpha value is -0.120. The van der Waals surface area contributed by atoms with E-state index in [1.807, 2.05) is 0 Å². The van der Waals surface area contributed by atoms with E-state index in [-0.39, 0.29) is 12.2 Å². The fourth-order valence-corrected chi connectivity index (χ4v) is 1.52. The molecular weight excluding hydrogens is 154 g/mol. The van der Waals surface area contributed by atoms with E-state index in [1.54, 1.807) is 6.92 Å². The summed E-state index contributed by atoms with van der Waals surface area (Å²) in [5.74, 6) is 0. The second-order valence-electron chi connectivity index (χ2n) is 3.59. The minimum absolute atomic E-state index is 0.224. The maximum absolute atomic E-state index is 9.00. The van der Waals surface area contributed by atoms with Crippen LogP contribution in [0.2, 0.25) is 0 Å². The smallest absolute Gasteiger partial charge is 0.0745 e. The normalized spacial score (nSPS) is 28.8. The van der Waals surface area contributed by atoms with Gasteiger partial charge < -0.3 is 15.2 Å². The highest BCUT2D eigenvalue weighted by Gasteiger charge is 2.21. The highest BCUT2D eigenvalue weighted by Crippen LogP contribution is 2.11. The van der Waals surface area contributed by atoms with Gasteiger partial charge in [-0.3, -0.25) is 0 Å². The topological polar surface area (TPSA) is 41.5 Å².